The molecule has 0 radical (unpaired) electrons. The number of nitrogens with one attached hydrogen (secondary N) is 1. The normalized spacial score (nSPS) is 15.2. The molecule has 3 heterocycles. The third-order valence-corrected chi connectivity index (χ3v) is 6.56. The number of benzene rings is 1. The zero-order valence-electron chi connectivity index (χ0n) is 17.2. The maximum Gasteiger partial charge on any atom is 0.188 e. The van der Waals surface area contributed by atoms with Crippen molar-refractivity contribution in [1.82, 2.24) is 9.97 Å². The summed E-state index contributed by atoms with van der Waals surface area (Å²) in [5.74, 6) is -0.114. The Morgan fingerprint density at radius 2 is 2.06 bits per heavy atom. The molecule has 0 bridgehead atoms. The highest BCUT2D eigenvalue weighted by Crippen LogP contribution is 2.33. The average molecular weight is 498 g/mol. The molecule has 0 spiro atoms. The summed E-state index contributed by atoms with van der Waals surface area (Å²) in [7, 11) is 0. The van der Waals surface area contributed by atoms with Gasteiger partial charge in [-0.25, -0.2) is 14.4 Å². The van der Waals surface area contributed by atoms with Crippen molar-refractivity contribution < 1.29 is 4.39 Å². The van der Waals surface area contributed by atoms with Gasteiger partial charge >= 0.3 is 0 Å². The fraction of sp³-hybridized carbons (Fsp3) is 0.304. The second-order valence-electron chi connectivity index (χ2n) is 7.49. The Morgan fingerprint density at radius 1 is 1.29 bits per heavy atom. The third kappa shape index (κ3) is 4.53. The molecule has 158 valence electrons. The smallest absolute Gasteiger partial charge is 0.188 e. The molecule has 4 rings (SSSR count). The minimum atomic E-state index is -0.320. The lowest BCUT2D eigenvalue weighted by molar-refractivity contribution is 0.559. The van der Waals surface area contributed by atoms with E-state index in [4.69, 9.17) is 9.98 Å². The van der Waals surface area contributed by atoms with Gasteiger partial charge in [-0.1, -0.05) is 31.1 Å². The molecule has 2 aromatic heterocycles. The Balaban J connectivity index is 1.80. The van der Waals surface area contributed by atoms with Gasteiger partial charge in [-0.15, -0.1) is 0 Å². The largest absolute Gasteiger partial charge is 0.333 e. The van der Waals surface area contributed by atoms with Crippen LogP contribution in [0.25, 0.3) is 17.0 Å². The number of rotatable bonds is 6. The van der Waals surface area contributed by atoms with E-state index >= 15 is 0 Å². The van der Waals surface area contributed by atoms with Crippen LogP contribution in [0, 0.1) is 30.0 Å². The van der Waals surface area contributed by atoms with E-state index in [0.29, 0.717) is 27.8 Å². The number of aryl methyl sites for hydroxylation is 1. The first kappa shape index (κ1) is 21.6. The van der Waals surface area contributed by atoms with Crippen LogP contribution in [0.2, 0.25) is 0 Å². The minimum Gasteiger partial charge on any atom is -0.333 e. The van der Waals surface area contributed by atoms with Crippen LogP contribution in [0.1, 0.15) is 36.6 Å². The predicted octanol–water partition coefficient (Wildman–Crippen LogP) is 4.95. The second-order valence-corrected chi connectivity index (χ2v) is 9.30. The Labute approximate surface area is 192 Å². The summed E-state index contributed by atoms with van der Waals surface area (Å²) in [5.41, 5.74) is 3.33. The molecular weight excluding hydrogens is 477 g/mol. The first-order valence-electron chi connectivity index (χ1n) is 10.2. The Bertz CT molecular complexity index is 1280. The molecule has 8 heteroatoms. The lowest BCUT2D eigenvalue weighted by atomic mass is 9.95. The standard InChI is InChI=1S/C23H21BrFN5S/c1-3-4-5-15-12-27-19-13(2)10-18(24)28-22(19)21(15)30-23-29-20(17(11-26)31-23)14-6-8-16(25)9-7-14/h6-10,15H,3-5,12H2,1-2H3,(H,29,30). The molecule has 1 unspecified atom stereocenters. The number of aromatic nitrogens is 2. The van der Waals surface area contributed by atoms with Gasteiger partial charge in [0, 0.05) is 18.0 Å². The van der Waals surface area contributed by atoms with E-state index in [9.17, 15) is 9.65 Å². The molecule has 31 heavy (non-hydrogen) atoms. The SMILES string of the molecule is CCCCC1CN=c2c(C)cc(Br)nc2=C1Nc1nc(-c2ccc(F)cc2)c(C#N)s1. The lowest BCUT2D eigenvalue weighted by Crippen LogP contribution is -2.41. The van der Waals surface area contributed by atoms with Crippen LogP contribution in [0.5, 0.6) is 0 Å². The van der Waals surface area contributed by atoms with E-state index in [1.165, 1.54) is 23.5 Å². The summed E-state index contributed by atoms with van der Waals surface area (Å²) in [6.07, 6.45) is 3.19. The number of nitrogens with zero attached hydrogens (tertiary/aromatic N) is 4. The highest BCUT2D eigenvalue weighted by atomic mass is 79.9. The number of nitriles is 1. The molecule has 1 aliphatic rings. The van der Waals surface area contributed by atoms with Gasteiger partial charge < -0.3 is 5.32 Å². The number of hydrogen-bond acceptors (Lipinski definition) is 6. The molecule has 5 nitrogen and oxygen atoms in total. The van der Waals surface area contributed by atoms with E-state index in [2.05, 4.69) is 39.2 Å². The monoisotopic (exact) mass is 497 g/mol. The number of anilines is 1. The fourth-order valence-electron chi connectivity index (χ4n) is 3.71. The van der Waals surface area contributed by atoms with Crippen LogP contribution in [0.4, 0.5) is 9.52 Å². The summed E-state index contributed by atoms with van der Waals surface area (Å²) < 4.78 is 14.1. The molecule has 1 aromatic carbocycles. The van der Waals surface area contributed by atoms with Gasteiger partial charge in [-0.2, -0.15) is 5.26 Å². The van der Waals surface area contributed by atoms with Crippen LogP contribution < -0.4 is 16.0 Å². The van der Waals surface area contributed by atoms with Gasteiger partial charge in [0.1, 0.15) is 32.4 Å². The first-order chi connectivity index (χ1) is 15.0. The van der Waals surface area contributed by atoms with E-state index in [-0.39, 0.29) is 11.7 Å². The second kappa shape index (κ2) is 9.25. The van der Waals surface area contributed by atoms with Crippen molar-refractivity contribution in [3.8, 4) is 17.3 Å². The zero-order chi connectivity index (χ0) is 22.0. The lowest BCUT2D eigenvalue weighted by Gasteiger charge is -2.22. The molecule has 1 atom stereocenters. The zero-order valence-corrected chi connectivity index (χ0v) is 19.6. The Hall–Kier alpha value is -2.63. The van der Waals surface area contributed by atoms with E-state index in [1.807, 2.05) is 13.0 Å². The van der Waals surface area contributed by atoms with Gasteiger partial charge in [-0.05, 0) is 65.2 Å². The van der Waals surface area contributed by atoms with E-state index in [0.717, 1.165) is 45.8 Å². The van der Waals surface area contributed by atoms with Gasteiger partial charge in [0.2, 0.25) is 0 Å². The Kier molecular flexibility index (Phi) is 6.44. The molecule has 0 aliphatic carbocycles. The van der Waals surface area contributed by atoms with Gasteiger partial charge in [-0.3, -0.25) is 4.99 Å². The van der Waals surface area contributed by atoms with Gasteiger partial charge in [0.25, 0.3) is 0 Å². The first-order valence-corrected chi connectivity index (χ1v) is 11.8. The summed E-state index contributed by atoms with van der Waals surface area (Å²) >= 11 is 4.80. The van der Waals surface area contributed by atoms with E-state index < -0.39 is 0 Å². The molecule has 3 aromatic rings. The van der Waals surface area contributed by atoms with Gasteiger partial charge in [0.15, 0.2) is 5.13 Å². The van der Waals surface area contributed by atoms with Crippen LogP contribution in [-0.2, 0) is 0 Å². The topological polar surface area (TPSA) is 74.0 Å². The molecule has 0 amide bonds. The third-order valence-electron chi connectivity index (χ3n) is 5.28. The molecular formula is C23H21BrFN5S. The molecule has 0 saturated heterocycles. The number of fused-ring (bicyclic) bond motifs is 1. The quantitative estimate of drug-likeness (QED) is 0.489. The Morgan fingerprint density at radius 3 is 2.77 bits per heavy atom. The summed E-state index contributed by atoms with van der Waals surface area (Å²) in [6.45, 7) is 4.90. The van der Waals surface area contributed by atoms with Crippen molar-refractivity contribution in [1.29, 1.82) is 5.26 Å². The van der Waals surface area contributed by atoms with Crippen molar-refractivity contribution in [2.24, 2.45) is 10.9 Å². The average Bonchev–Trinajstić information content (AvgIpc) is 3.16. The van der Waals surface area contributed by atoms with E-state index in [1.54, 1.807) is 12.1 Å². The van der Waals surface area contributed by atoms with Crippen LogP contribution >= 0.6 is 27.3 Å². The number of halogens is 2. The fourth-order valence-corrected chi connectivity index (χ4v) is 5.03. The van der Waals surface area contributed by atoms with Crippen molar-refractivity contribution in [3.05, 3.63) is 61.9 Å². The molecule has 0 saturated carbocycles. The number of hydrogen-bond donors (Lipinski definition) is 1. The van der Waals surface area contributed by atoms with Crippen LogP contribution in [0.3, 0.4) is 0 Å². The van der Waals surface area contributed by atoms with Crippen molar-refractivity contribution >= 4 is 38.1 Å². The van der Waals surface area contributed by atoms with Crippen molar-refractivity contribution in [2.75, 3.05) is 11.9 Å². The maximum absolute atomic E-state index is 13.3. The minimum absolute atomic E-state index is 0.206. The van der Waals surface area contributed by atoms with Gasteiger partial charge in [0.05, 0.1) is 11.1 Å². The number of thiazole rings is 1. The molecule has 1 aliphatic heterocycles. The van der Waals surface area contributed by atoms with Crippen molar-refractivity contribution in [2.45, 2.75) is 33.1 Å². The molecule has 0 fully saturated rings. The van der Waals surface area contributed by atoms with Crippen LogP contribution in [0.15, 0.2) is 39.9 Å². The molecule has 1 N–H and O–H groups in total. The highest BCUT2D eigenvalue weighted by molar-refractivity contribution is 9.10. The number of unbranched alkanes of at least 4 members (excludes halogenated alkanes) is 1. The maximum atomic E-state index is 13.3. The predicted molar refractivity (Wildman–Crippen MR) is 125 cm³/mol. The summed E-state index contributed by atoms with van der Waals surface area (Å²) in [6, 6.07) is 10.2. The van der Waals surface area contributed by atoms with Crippen LogP contribution in [-0.4, -0.2) is 16.5 Å². The van der Waals surface area contributed by atoms with Crippen molar-refractivity contribution in [3.63, 3.8) is 0 Å². The summed E-state index contributed by atoms with van der Waals surface area (Å²) in [4.78, 5) is 14.7. The number of pyridine rings is 1. The highest BCUT2D eigenvalue weighted by Gasteiger charge is 2.23. The summed E-state index contributed by atoms with van der Waals surface area (Å²) in [5, 5.41) is 15.5.